The second kappa shape index (κ2) is 5.44. The average molecular weight is 223 g/mol. The van der Waals surface area contributed by atoms with Crippen molar-refractivity contribution in [2.24, 2.45) is 0 Å². The van der Waals surface area contributed by atoms with Crippen molar-refractivity contribution in [2.45, 2.75) is 26.8 Å². The number of esters is 1. The second-order valence-corrected chi connectivity index (χ2v) is 3.63. The van der Waals surface area contributed by atoms with E-state index in [4.69, 9.17) is 0 Å². The number of methoxy groups -OCH3 is 1. The lowest BCUT2D eigenvalue weighted by molar-refractivity contribution is 0.0593. The number of nitrogens with zero attached hydrogens (tertiary/aromatic N) is 3. The Kier molecular flexibility index (Phi) is 4.22. The zero-order chi connectivity index (χ0) is 12.1. The van der Waals surface area contributed by atoms with E-state index in [-0.39, 0.29) is 5.69 Å². The molecule has 0 fully saturated rings. The normalized spacial score (nSPS) is 10.3. The lowest BCUT2D eigenvalue weighted by atomic mass is 10.3. The van der Waals surface area contributed by atoms with Gasteiger partial charge < -0.3 is 9.64 Å². The number of carbonyl (C=O) groups is 1. The highest BCUT2D eigenvalue weighted by molar-refractivity contribution is 5.87. The van der Waals surface area contributed by atoms with Gasteiger partial charge in [0.25, 0.3) is 0 Å². The molecule has 16 heavy (non-hydrogen) atoms. The van der Waals surface area contributed by atoms with E-state index in [1.165, 1.54) is 13.3 Å². The highest BCUT2D eigenvalue weighted by Crippen LogP contribution is 2.13. The Morgan fingerprint density at radius 1 is 1.50 bits per heavy atom. The molecule has 1 aromatic heterocycles. The third kappa shape index (κ3) is 2.68. The molecule has 0 N–H and O–H groups in total. The van der Waals surface area contributed by atoms with Crippen molar-refractivity contribution < 1.29 is 9.53 Å². The van der Waals surface area contributed by atoms with Gasteiger partial charge in [-0.25, -0.2) is 9.78 Å². The van der Waals surface area contributed by atoms with Crippen LogP contribution in [0.15, 0.2) is 12.4 Å². The topological polar surface area (TPSA) is 55.3 Å². The van der Waals surface area contributed by atoms with Crippen LogP contribution in [0.1, 0.15) is 31.3 Å². The number of ether oxygens (including phenoxy) is 1. The summed E-state index contributed by atoms with van der Waals surface area (Å²) in [6.45, 7) is 6.98. The summed E-state index contributed by atoms with van der Waals surface area (Å²) in [7, 11) is 1.33. The van der Waals surface area contributed by atoms with Crippen molar-refractivity contribution in [1.82, 2.24) is 9.97 Å². The molecule has 5 heteroatoms. The van der Waals surface area contributed by atoms with Gasteiger partial charge in [0.2, 0.25) is 0 Å². The third-order valence-corrected chi connectivity index (χ3v) is 2.27. The fraction of sp³-hybridized carbons (Fsp3) is 0.545. The maximum Gasteiger partial charge on any atom is 0.358 e. The minimum Gasteiger partial charge on any atom is -0.464 e. The number of hydrogen-bond donors (Lipinski definition) is 0. The van der Waals surface area contributed by atoms with Gasteiger partial charge in [0.15, 0.2) is 5.69 Å². The SMILES string of the molecule is CCN(c1cncc(C(=O)OC)n1)C(C)C. The molecule has 0 amide bonds. The standard InChI is InChI=1S/C11H17N3O2/c1-5-14(8(2)3)10-7-12-6-9(13-10)11(15)16-4/h6-8H,5H2,1-4H3. The van der Waals surface area contributed by atoms with Crippen LogP contribution in [-0.4, -0.2) is 35.6 Å². The van der Waals surface area contributed by atoms with E-state index in [9.17, 15) is 4.79 Å². The summed E-state index contributed by atoms with van der Waals surface area (Å²) < 4.78 is 4.61. The van der Waals surface area contributed by atoms with Crippen molar-refractivity contribution >= 4 is 11.8 Å². The fourth-order valence-corrected chi connectivity index (χ4v) is 1.49. The van der Waals surface area contributed by atoms with E-state index >= 15 is 0 Å². The zero-order valence-corrected chi connectivity index (χ0v) is 10.1. The summed E-state index contributed by atoms with van der Waals surface area (Å²) in [5, 5.41) is 0. The summed E-state index contributed by atoms with van der Waals surface area (Å²) in [4.78, 5) is 21.6. The van der Waals surface area contributed by atoms with Gasteiger partial charge in [0.1, 0.15) is 5.82 Å². The van der Waals surface area contributed by atoms with Crippen LogP contribution in [-0.2, 0) is 4.74 Å². The molecule has 0 radical (unpaired) electrons. The third-order valence-electron chi connectivity index (χ3n) is 2.27. The Bertz CT molecular complexity index is 366. The predicted octanol–water partition coefficient (Wildman–Crippen LogP) is 1.50. The molecule has 5 nitrogen and oxygen atoms in total. The van der Waals surface area contributed by atoms with Crippen LogP contribution in [0.2, 0.25) is 0 Å². The summed E-state index contributed by atoms with van der Waals surface area (Å²) >= 11 is 0. The minimum absolute atomic E-state index is 0.235. The first-order valence-electron chi connectivity index (χ1n) is 5.27. The Morgan fingerprint density at radius 3 is 2.69 bits per heavy atom. The van der Waals surface area contributed by atoms with E-state index in [2.05, 4.69) is 33.5 Å². The molecule has 0 aromatic carbocycles. The van der Waals surface area contributed by atoms with Gasteiger partial charge in [-0.2, -0.15) is 0 Å². The number of hydrogen-bond acceptors (Lipinski definition) is 5. The zero-order valence-electron chi connectivity index (χ0n) is 10.1. The molecule has 0 saturated carbocycles. The molecular formula is C11H17N3O2. The fourth-order valence-electron chi connectivity index (χ4n) is 1.49. The Morgan fingerprint density at radius 2 is 2.19 bits per heavy atom. The van der Waals surface area contributed by atoms with E-state index in [0.29, 0.717) is 11.9 Å². The molecule has 0 aliphatic rings. The maximum atomic E-state index is 11.3. The van der Waals surface area contributed by atoms with E-state index in [0.717, 1.165) is 6.54 Å². The quantitative estimate of drug-likeness (QED) is 0.724. The van der Waals surface area contributed by atoms with Gasteiger partial charge in [-0.1, -0.05) is 0 Å². The van der Waals surface area contributed by atoms with Crippen molar-refractivity contribution in [3.05, 3.63) is 18.1 Å². The lowest BCUT2D eigenvalue weighted by Gasteiger charge is -2.25. The molecule has 0 aliphatic heterocycles. The molecule has 0 spiro atoms. The van der Waals surface area contributed by atoms with Crippen LogP contribution in [0, 0.1) is 0 Å². The van der Waals surface area contributed by atoms with Gasteiger partial charge in [-0.05, 0) is 20.8 Å². The molecule has 1 rings (SSSR count). The maximum absolute atomic E-state index is 11.3. The highest BCUT2D eigenvalue weighted by Gasteiger charge is 2.13. The Hall–Kier alpha value is -1.65. The van der Waals surface area contributed by atoms with E-state index in [1.54, 1.807) is 6.20 Å². The first-order chi connectivity index (χ1) is 7.60. The number of rotatable bonds is 4. The van der Waals surface area contributed by atoms with Gasteiger partial charge in [0.05, 0.1) is 19.5 Å². The molecular weight excluding hydrogens is 206 g/mol. The van der Waals surface area contributed by atoms with E-state index < -0.39 is 5.97 Å². The van der Waals surface area contributed by atoms with Crippen LogP contribution < -0.4 is 4.90 Å². The highest BCUT2D eigenvalue weighted by atomic mass is 16.5. The Balaban J connectivity index is 3.01. The molecule has 0 aliphatic carbocycles. The predicted molar refractivity (Wildman–Crippen MR) is 61.5 cm³/mol. The van der Waals surface area contributed by atoms with Gasteiger partial charge in [0, 0.05) is 12.6 Å². The van der Waals surface area contributed by atoms with Gasteiger partial charge in [-0.15, -0.1) is 0 Å². The van der Waals surface area contributed by atoms with Crippen molar-refractivity contribution in [3.63, 3.8) is 0 Å². The van der Waals surface area contributed by atoms with Crippen molar-refractivity contribution in [3.8, 4) is 0 Å². The molecule has 0 unspecified atom stereocenters. The lowest BCUT2D eigenvalue weighted by Crippen LogP contribution is -2.31. The second-order valence-electron chi connectivity index (χ2n) is 3.63. The first-order valence-corrected chi connectivity index (χ1v) is 5.27. The Labute approximate surface area is 95.5 Å². The van der Waals surface area contributed by atoms with Crippen LogP contribution >= 0.6 is 0 Å². The number of aromatic nitrogens is 2. The smallest absolute Gasteiger partial charge is 0.358 e. The largest absolute Gasteiger partial charge is 0.464 e. The first kappa shape index (κ1) is 12.4. The summed E-state index contributed by atoms with van der Waals surface area (Å²) in [5.74, 6) is 0.231. The van der Waals surface area contributed by atoms with E-state index in [1.807, 2.05) is 6.92 Å². The average Bonchev–Trinajstić information content (AvgIpc) is 2.29. The van der Waals surface area contributed by atoms with Crippen molar-refractivity contribution in [1.29, 1.82) is 0 Å². The van der Waals surface area contributed by atoms with Crippen LogP contribution in [0.5, 0.6) is 0 Å². The molecule has 0 saturated heterocycles. The summed E-state index contributed by atoms with van der Waals surface area (Å²) in [6.07, 6.45) is 3.06. The monoisotopic (exact) mass is 223 g/mol. The molecule has 1 aromatic rings. The minimum atomic E-state index is -0.464. The summed E-state index contributed by atoms with van der Waals surface area (Å²) in [6, 6.07) is 0.312. The van der Waals surface area contributed by atoms with Crippen LogP contribution in [0.4, 0.5) is 5.82 Å². The number of anilines is 1. The molecule has 0 bridgehead atoms. The van der Waals surface area contributed by atoms with Crippen LogP contribution in [0.3, 0.4) is 0 Å². The summed E-state index contributed by atoms with van der Waals surface area (Å²) in [5.41, 5.74) is 0.235. The molecule has 88 valence electrons. The molecule has 1 heterocycles. The van der Waals surface area contributed by atoms with Gasteiger partial charge in [-0.3, -0.25) is 4.98 Å². The number of carbonyl (C=O) groups excluding carboxylic acids is 1. The van der Waals surface area contributed by atoms with Gasteiger partial charge >= 0.3 is 5.97 Å². The molecule has 0 atom stereocenters. The van der Waals surface area contributed by atoms with Crippen molar-refractivity contribution in [2.75, 3.05) is 18.6 Å². The van der Waals surface area contributed by atoms with Crippen LogP contribution in [0.25, 0.3) is 0 Å².